The predicted octanol–water partition coefficient (Wildman–Crippen LogP) is 4.96. The first kappa shape index (κ1) is 23.2. The molecule has 0 spiro atoms. The van der Waals surface area contributed by atoms with Crippen LogP contribution >= 0.6 is 0 Å². The van der Waals surface area contributed by atoms with Crippen molar-refractivity contribution in [2.24, 2.45) is 0 Å². The van der Waals surface area contributed by atoms with Gasteiger partial charge in [0.25, 0.3) is 5.91 Å². The first-order valence-electron chi connectivity index (χ1n) is 11.7. The molecule has 3 aromatic rings. The number of nitrogens with one attached hydrogen (secondary N) is 1. The van der Waals surface area contributed by atoms with E-state index in [1.165, 1.54) is 28.5 Å². The number of oxazole rings is 1. The summed E-state index contributed by atoms with van der Waals surface area (Å²) in [5, 5.41) is 2.91. The molecule has 1 aliphatic rings. The number of aryl methyl sites for hydroxylation is 2. The van der Waals surface area contributed by atoms with E-state index in [-0.39, 0.29) is 18.1 Å². The molecule has 6 heteroatoms. The summed E-state index contributed by atoms with van der Waals surface area (Å²) in [5.41, 5.74) is 5.32. The lowest BCUT2D eigenvalue weighted by atomic mass is 10.0. The monoisotopic (exact) mass is 447 g/mol. The molecule has 4 rings (SSSR count). The van der Waals surface area contributed by atoms with Gasteiger partial charge in [-0.1, -0.05) is 54.1 Å². The van der Waals surface area contributed by atoms with Gasteiger partial charge < -0.3 is 14.5 Å². The molecule has 33 heavy (non-hydrogen) atoms. The molecule has 1 saturated heterocycles. The second-order valence-corrected chi connectivity index (χ2v) is 8.89. The Labute approximate surface area is 196 Å². The number of benzene rings is 2. The minimum absolute atomic E-state index is 0.0975. The fraction of sp³-hybridized carbons (Fsp3) is 0.407. The SMILES string of the molecule is Cc1ccc(CN(Cc2nc(C(=O)NCC3CCCO3)co2)C(C)c2ccccc2)c(C)c1. The van der Waals surface area contributed by atoms with Crippen LogP contribution in [0.4, 0.5) is 0 Å². The molecule has 6 nitrogen and oxygen atoms in total. The van der Waals surface area contributed by atoms with Crippen LogP contribution in [0.25, 0.3) is 0 Å². The topological polar surface area (TPSA) is 67.6 Å². The molecule has 0 saturated carbocycles. The average molecular weight is 448 g/mol. The molecule has 2 unspecified atom stereocenters. The zero-order chi connectivity index (χ0) is 23.2. The van der Waals surface area contributed by atoms with E-state index in [1.807, 2.05) is 6.07 Å². The number of carbonyl (C=O) groups excluding carboxylic acids is 1. The number of hydrogen-bond acceptors (Lipinski definition) is 5. The normalized spacial score (nSPS) is 16.8. The molecule has 174 valence electrons. The summed E-state index contributed by atoms with van der Waals surface area (Å²) in [6.45, 7) is 8.98. The maximum absolute atomic E-state index is 12.5. The average Bonchev–Trinajstić information content (AvgIpc) is 3.51. The summed E-state index contributed by atoms with van der Waals surface area (Å²) < 4.78 is 11.3. The van der Waals surface area contributed by atoms with E-state index in [9.17, 15) is 4.79 Å². The van der Waals surface area contributed by atoms with Gasteiger partial charge in [0.05, 0.1) is 12.6 Å². The Morgan fingerprint density at radius 3 is 2.73 bits per heavy atom. The number of nitrogens with zero attached hydrogens (tertiary/aromatic N) is 2. The lowest BCUT2D eigenvalue weighted by Crippen LogP contribution is -2.32. The molecular weight excluding hydrogens is 414 g/mol. The van der Waals surface area contributed by atoms with Gasteiger partial charge in [-0.2, -0.15) is 0 Å². The third kappa shape index (κ3) is 6.09. The second kappa shape index (κ2) is 10.8. The number of carbonyl (C=O) groups is 1. The Hall–Kier alpha value is -2.96. The summed E-state index contributed by atoms with van der Waals surface area (Å²) in [6.07, 6.45) is 3.57. The van der Waals surface area contributed by atoms with Gasteiger partial charge in [-0.05, 0) is 50.3 Å². The Morgan fingerprint density at radius 2 is 2.00 bits per heavy atom. The van der Waals surface area contributed by atoms with Crippen LogP contribution in [0.1, 0.15) is 64.4 Å². The minimum atomic E-state index is -0.225. The van der Waals surface area contributed by atoms with Crippen molar-refractivity contribution in [1.29, 1.82) is 0 Å². The molecule has 0 bridgehead atoms. The van der Waals surface area contributed by atoms with Crippen molar-refractivity contribution < 1.29 is 13.9 Å². The van der Waals surface area contributed by atoms with E-state index in [4.69, 9.17) is 9.15 Å². The summed E-state index contributed by atoms with van der Waals surface area (Å²) in [7, 11) is 0. The summed E-state index contributed by atoms with van der Waals surface area (Å²) in [4.78, 5) is 19.3. The Morgan fingerprint density at radius 1 is 1.18 bits per heavy atom. The van der Waals surface area contributed by atoms with Gasteiger partial charge >= 0.3 is 0 Å². The van der Waals surface area contributed by atoms with Crippen LogP contribution in [0.15, 0.2) is 59.2 Å². The number of amides is 1. The number of ether oxygens (including phenoxy) is 1. The molecule has 2 atom stereocenters. The van der Waals surface area contributed by atoms with Crippen molar-refractivity contribution in [2.75, 3.05) is 13.2 Å². The highest BCUT2D eigenvalue weighted by atomic mass is 16.5. The highest BCUT2D eigenvalue weighted by Gasteiger charge is 2.22. The number of aromatic nitrogens is 1. The third-order valence-electron chi connectivity index (χ3n) is 6.34. The van der Waals surface area contributed by atoms with Crippen LogP contribution in [-0.4, -0.2) is 35.0 Å². The van der Waals surface area contributed by atoms with Crippen molar-refractivity contribution in [1.82, 2.24) is 15.2 Å². The van der Waals surface area contributed by atoms with Crippen molar-refractivity contribution >= 4 is 5.91 Å². The molecule has 2 aromatic carbocycles. The predicted molar refractivity (Wildman–Crippen MR) is 128 cm³/mol. The van der Waals surface area contributed by atoms with Gasteiger partial charge in [-0.25, -0.2) is 4.98 Å². The van der Waals surface area contributed by atoms with Gasteiger partial charge in [-0.15, -0.1) is 0 Å². The Kier molecular flexibility index (Phi) is 7.57. The highest BCUT2D eigenvalue weighted by molar-refractivity contribution is 5.91. The molecule has 0 aliphatic carbocycles. The van der Waals surface area contributed by atoms with Crippen molar-refractivity contribution in [3.63, 3.8) is 0 Å². The molecular formula is C27H33N3O3. The van der Waals surface area contributed by atoms with Gasteiger partial charge in [-0.3, -0.25) is 9.69 Å². The van der Waals surface area contributed by atoms with Gasteiger partial charge in [0.1, 0.15) is 6.26 Å². The van der Waals surface area contributed by atoms with Gasteiger partial charge in [0.2, 0.25) is 5.89 Å². The maximum atomic E-state index is 12.5. The van der Waals surface area contributed by atoms with Crippen LogP contribution in [0, 0.1) is 13.8 Å². The molecule has 1 N–H and O–H groups in total. The lowest BCUT2D eigenvalue weighted by Gasteiger charge is -2.29. The largest absolute Gasteiger partial charge is 0.447 e. The van der Waals surface area contributed by atoms with E-state index >= 15 is 0 Å². The summed E-state index contributed by atoms with van der Waals surface area (Å²) in [6, 6.07) is 17.1. The number of hydrogen-bond donors (Lipinski definition) is 1. The molecule has 1 amide bonds. The standard InChI is InChI=1S/C27H33N3O3/c1-19-11-12-23(20(2)14-19)16-30(21(3)22-8-5-4-6-9-22)17-26-29-25(18-33-26)27(31)28-15-24-10-7-13-32-24/h4-6,8-9,11-12,14,18,21,24H,7,10,13,15-17H2,1-3H3,(H,28,31). The van der Waals surface area contributed by atoms with Crippen LogP contribution in [0.5, 0.6) is 0 Å². The zero-order valence-electron chi connectivity index (χ0n) is 19.7. The van der Waals surface area contributed by atoms with Crippen molar-refractivity contribution in [2.45, 2.75) is 58.8 Å². The molecule has 2 heterocycles. The third-order valence-corrected chi connectivity index (χ3v) is 6.34. The lowest BCUT2D eigenvalue weighted by molar-refractivity contribution is 0.0853. The van der Waals surface area contributed by atoms with Gasteiger partial charge in [0.15, 0.2) is 5.69 Å². The first-order chi connectivity index (χ1) is 16.0. The van der Waals surface area contributed by atoms with E-state index in [2.05, 4.69) is 78.4 Å². The van der Waals surface area contributed by atoms with Crippen LogP contribution < -0.4 is 5.32 Å². The van der Waals surface area contributed by atoms with E-state index in [1.54, 1.807) is 0 Å². The van der Waals surface area contributed by atoms with Gasteiger partial charge in [0, 0.05) is 25.7 Å². The Bertz CT molecular complexity index is 1060. The van der Waals surface area contributed by atoms with E-state index < -0.39 is 0 Å². The Balaban J connectivity index is 1.48. The minimum Gasteiger partial charge on any atom is -0.447 e. The van der Waals surface area contributed by atoms with Crippen LogP contribution in [0.3, 0.4) is 0 Å². The molecule has 1 fully saturated rings. The highest BCUT2D eigenvalue weighted by Crippen LogP contribution is 2.26. The van der Waals surface area contributed by atoms with Crippen LogP contribution in [-0.2, 0) is 17.8 Å². The van der Waals surface area contributed by atoms with Crippen molar-refractivity contribution in [3.8, 4) is 0 Å². The molecule has 1 aromatic heterocycles. The second-order valence-electron chi connectivity index (χ2n) is 8.89. The summed E-state index contributed by atoms with van der Waals surface area (Å²) >= 11 is 0. The first-order valence-corrected chi connectivity index (χ1v) is 11.7. The number of rotatable bonds is 9. The zero-order valence-corrected chi connectivity index (χ0v) is 19.7. The van der Waals surface area contributed by atoms with Crippen molar-refractivity contribution in [3.05, 3.63) is 88.6 Å². The molecule has 0 radical (unpaired) electrons. The fourth-order valence-corrected chi connectivity index (χ4v) is 4.28. The fourth-order valence-electron chi connectivity index (χ4n) is 4.28. The van der Waals surface area contributed by atoms with E-state index in [0.717, 1.165) is 26.0 Å². The van der Waals surface area contributed by atoms with Crippen LogP contribution in [0.2, 0.25) is 0 Å². The van der Waals surface area contributed by atoms with E-state index in [0.29, 0.717) is 24.7 Å². The quantitative estimate of drug-likeness (QED) is 0.502. The maximum Gasteiger partial charge on any atom is 0.273 e. The molecule has 1 aliphatic heterocycles. The smallest absolute Gasteiger partial charge is 0.273 e. The summed E-state index contributed by atoms with van der Waals surface area (Å²) in [5.74, 6) is 0.308.